The molecule has 0 aliphatic rings. The second-order valence-electron chi connectivity index (χ2n) is 4.85. The molecule has 1 unspecified atom stereocenters. The number of hydrogen-bond acceptors (Lipinski definition) is 1. The second-order valence-corrected chi connectivity index (χ2v) is 6.58. The number of rotatable bonds is 4. The fourth-order valence-corrected chi connectivity index (χ4v) is 3.13. The molecule has 0 aliphatic heterocycles. The van der Waals surface area contributed by atoms with E-state index in [1.54, 1.807) is 0 Å². The van der Waals surface area contributed by atoms with Gasteiger partial charge in [-0.05, 0) is 43.3 Å². The van der Waals surface area contributed by atoms with E-state index in [-0.39, 0.29) is 6.04 Å². The van der Waals surface area contributed by atoms with Gasteiger partial charge >= 0.3 is 0 Å². The van der Waals surface area contributed by atoms with Crippen molar-refractivity contribution in [1.29, 1.82) is 0 Å². The van der Waals surface area contributed by atoms with Gasteiger partial charge in [0.2, 0.25) is 0 Å². The summed E-state index contributed by atoms with van der Waals surface area (Å²) >= 11 is 16.0. The molecule has 20 heavy (non-hydrogen) atoms. The van der Waals surface area contributed by atoms with Gasteiger partial charge in [-0.1, -0.05) is 63.4 Å². The molecule has 0 aromatic heterocycles. The van der Waals surface area contributed by atoms with Crippen molar-refractivity contribution in [2.24, 2.45) is 0 Å². The summed E-state index contributed by atoms with van der Waals surface area (Å²) in [6.45, 7) is 2.92. The van der Waals surface area contributed by atoms with E-state index in [0.29, 0.717) is 0 Å². The van der Waals surface area contributed by atoms with Crippen molar-refractivity contribution >= 4 is 39.1 Å². The summed E-state index contributed by atoms with van der Waals surface area (Å²) in [5, 5.41) is 1.58. The predicted octanol–water partition coefficient (Wildman–Crippen LogP) is 5.95. The molecular weight excluding hydrogens is 357 g/mol. The highest BCUT2D eigenvalue weighted by atomic mass is 79.9. The van der Waals surface area contributed by atoms with Gasteiger partial charge in [-0.15, -0.1) is 0 Å². The quantitative estimate of drug-likeness (QED) is 0.640. The lowest BCUT2D eigenvalue weighted by atomic mass is 10.1. The van der Waals surface area contributed by atoms with Crippen LogP contribution in [0.1, 0.15) is 24.1 Å². The van der Waals surface area contributed by atoms with E-state index in [1.165, 1.54) is 0 Å². The first-order valence-electron chi connectivity index (χ1n) is 6.37. The molecule has 1 atom stereocenters. The maximum absolute atomic E-state index is 6.27. The number of nitrogens with zero attached hydrogens (tertiary/aromatic N) is 1. The molecule has 4 heteroatoms. The van der Waals surface area contributed by atoms with Gasteiger partial charge in [-0.25, -0.2) is 0 Å². The number of benzene rings is 2. The molecule has 0 amide bonds. The summed E-state index contributed by atoms with van der Waals surface area (Å²) in [5.41, 5.74) is 2.24. The average Bonchev–Trinajstić information content (AvgIpc) is 2.41. The van der Waals surface area contributed by atoms with Crippen molar-refractivity contribution in [3.8, 4) is 0 Å². The molecule has 106 valence electrons. The highest BCUT2D eigenvalue weighted by Gasteiger charge is 2.15. The first-order chi connectivity index (χ1) is 9.49. The van der Waals surface area contributed by atoms with Crippen LogP contribution < -0.4 is 0 Å². The summed E-state index contributed by atoms with van der Waals surface area (Å²) in [6.07, 6.45) is 0. The largest absolute Gasteiger partial charge is 0.295 e. The van der Waals surface area contributed by atoms with Gasteiger partial charge in [0.25, 0.3) is 0 Å². The lowest BCUT2D eigenvalue weighted by Crippen LogP contribution is -2.22. The van der Waals surface area contributed by atoms with Crippen LogP contribution in [-0.4, -0.2) is 11.9 Å². The molecule has 0 radical (unpaired) electrons. The summed E-state index contributed by atoms with van der Waals surface area (Å²) in [4.78, 5) is 2.23. The predicted molar refractivity (Wildman–Crippen MR) is 90.5 cm³/mol. The Labute approximate surface area is 138 Å². The Morgan fingerprint density at radius 1 is 1.10 bits per heavy atom. The summed E-state index contributed by atoms with van der Waals surface area (Å²) in [5.74, 6) is 0. The van der Waals surface area contributed by atoms with E-state index in [4.69, 9.17) is 23.2 Å². The van der Waals surface area contributed by atoms with E-state index < -0.39 is 0 Å². The van der Waals surface area contributed by atoms with Crippen LogP contribution in [0.3, 0.4) is 0 Å². The third-order valence-corrected chi connectivity index (χ3v) is 4.64. The van der Waals surface area contributed by atoms with Crippen LogP contribution in [0, 0.1) is 0 Å². The number of hydrogen-bond donors (Lipinski definition) is 0. The standard InChI is InChI=1S/C16H16BrCl2N/c1-11(14-5-3-4-6-15(14)18)20(2)10-12-7-8-13(17)9-16(12)19/h3-9,11H,10H2,1-2H3. The van der Waals surface area contributed by atoms with Gasteiger partial charge in [0.1, 0.15) is 0 Å². The molecule has 0 bridgehead atoms. The third-order valence-electron chi connectivity index (χ3n) is 3.45. The average molecular weight is 373 g/mol. The van der Waals surface area contributed by atoms with E-state index in [9.17, 15) is 0 Å². The second kappa shape index (κ2) is 6.95. The Morgan fingerprint density at radius 2 is 1.80 bits per heavy atom. The minimum absolute atomic E-state index is 0.225. The molecule has 0 spiro atoms. The summed E-state index contributed by atoms with van der Waals surface area (Å²) in [6, 6.07) is 14.1. The molecule has 2 rings (SSSR count). The zero-order valence-electron chi connectivity index (χ0n) is 11.4. The van der Waals surface area contributed by atoms with Crippen LogP contribution in [0.4, 0.5) is 0 Å². The zero-order valence-corrected chi connectivity index (χ0v) is 14.5. The van der Waals surface area contributed by atoms with Crippen LogP contribution in [-0.2, 0) is 6.54 Å². The van der Waals surface area contributed by atoms with Gasteiger partial charge < -0.3 is 0 Å². The SMILES string of the molecule is CC(c1ccccc1Cl)N(C)Cc1ccc(Br)cc1Cl. The van der Waals surface area contributed by atoms with E-state index in [1.807, 2.05) is 36.4 Å². The monoisotopic (exact) mass is 371 g/mol. The summed E-state index contributed by atoms with van der Waals surface area (Å²) in [7, 11) is 2.08. The van der Waals surface area contributed by atoms with Crippen LogP contribution in [0.2, 0.25) is 10.0 Å². The van der Waals surface area contributed by atoms with Gasteiger partial charge in [0.15, 0.2) is 0 Å². The van der Waals surface area contributed by atoms with Crippen molar-refractivity contribution in [2.45, 2.75) is 19.5 Å². The smallest absolute Gasteiger partial charge is 0.0462 e. The summed E-state index contributed by atoms with van der Waals surface area (Å²) < 4.78 is 0.994. The first-order valence-corrected chi connectivity index (χ1v) is 7.92. The van der Waals surface area contributed by atoms with Crippen molar-refractivity contribution < 1.29 is 0 Å². The Kier molecular flexibility index (Phi) is 5.50. The molecule has 2 aromatic carbocycles. The minimum atomic E-state index is 0.225. The lowest BCUT2D eigenvalue weighted by Gasteiger charge is -2.26. The fraction of sp³-hybridized carbons (Fsp3) is 0.250. The molecule has 0 N–H and O–H groups in total. The Bertz CT molecular complexity index is 601. The van der Waals surface area contributed by atoms with Crippen molar-refractivity contribution in [3.05, 3.63) is 68.1 Å². The van der Waals surface area contributed by atoms with Crippen LogP contribution in [0.15, 0.2) is 46.9 Å². The minimum Gasteiger partial charge on any atom is -0.295 e. The number of halogens is 3. The molecule has 0 heterocycles. The molecule has 0 fully saturated rings. The van der Waals surface area contributed by atoms with Gasteiger partial charge in [0, 0.05) is 27.1 Å². The first kappa shape index (κ1) is 15.8. The highest BCUT2D eigenvalue weighted by Crippen LogP contribution is 2.29. The van der Waals surface area contributed by atoms with Crippen molar-refractivity contribution in [1.82, 2.24) is 4.90 Å². The zero-order chi connectivity index (χ0) is 14.7. The Morgan fingerprint density at radius 3 is 2.45 bits per heavy atom. The van der Waals surface area contributed by atoms with Crippen molar-refractivity contribution in [3.63, 3.8) is 0 Å². The molecule has 1 nitrogen and oxygen atoms in total. The van der Waals surface area contributed by atoms with E-state index in [2.05, 4.69) is 40.9 Å². The van der Waals surface area contributed by atoms with Crippen LogP contribution in [0.25, 0.3) is 0 Å². The Balaban J connectivity index is 2.15. The molecule has 0 aliphatic carbocycles. The van der Waals surface area contributed by atoms with Crippen LogP contribution >= 0.6 is 39.1 Å². The van der Waals surface area contributed by atoms with Gasteiger partial charge in [-0.3, -0.25) is 4.90 Å². The Hall–Kier alpha value is -0.540. The molecule has 0 saturated heterocycles. The molecule has 2 aromatic rings. The molecule has 0 saturated carbocycles. The molecular formula is C16H16BrCl2N. The van der Waals surface area contributed by atoms with Crippen molar-refractivity contribution in [2.75, 3.05) is 7.05 Å². The highest BCUT2D eigenvalue weighted by molar-refractivity contribution is 9.10. The topological polar surface area (TPSA) is 3.24 Å². The van der Waals surface area contributed by atoms with E-state index >= 15 is 0 Å². The van der Waals surface area contributed by atoms with E-state index in [0.717, 1.165) is 32.2 Å². The fourth-order valence-electron chi connectivity index (χ4n) is 2.11. The van der Waals surface area contributed by atoms with Gasteiger partial charge in [-0.2, -0.15) is 0 Å². The van der Waals surface area contributed by atoms with Crippen LogP contribution in [0.5, 0.6) is 0 Å². The lowest BCUT2D eigenvalue weighted by molar-refractivity contribution is 0.253. The maximum Gasteiger partial charge on any atom is 0.0462 e. The third kappa shape index (κ3) is 3.76. The normalized spacial score (nSPS) is 12.7. The van der Waals surface area contributed by atoms with Gasteiger partial charge in [0.05, 0.1) is 0 Å². The maximum atomic E-state index is 6.27.